The molecule has 9 aromatic rings. The lowest BCUT2D eigenvalue weighted by molar-refractivity contribution is 0.666. The lowest BCUT2D eigenvalue weighted by Gasteiger charge is -2.24. The van der Waals surface area contributed by atoms with Crippen molar-refractivity contribution in [2.24, 2.45) is 0 Å². The van der Waals surface area contributed by atoms with Gasteiger partial charge in [-0.1, -0.05) is 111 Å². The van der Waals surface area contributed by atoms with Crippen LogP contribution in [0.3, 0.4) is 0 Å². The summed E-state index contributed by atoms with van der Waals surface area (Å²) in [6.45, 7) is 4.66. The molecule has 0 fully saturated rings. The van der Waals surface area contributed by atoms with Gasteiger partial charge in [-0.2, -0.15) is 0 Å². The van der Waals surface area contributed by atoms with E-state index in [0.717, 1.165) is 38.6 Å². The smallest absolute Gasteiger partial charge is 0.182 e. The van der Waals surface area contributed by atoms with Gasteiger partial charge >= 0.3 is 0 Å². The Bertz CT molecular complexity index is 2720. The molecule has 1 aliphatic rings. The van der Waals surface area contributed by atoms with Crippen molar-refractivity contribution in [3.05, 3.63) is 145 Å². The first-order chi connectivity index (χ1) is 22.6. The van der Waals surface area contributed by atoms with Crippen LogP contribution in [0, 0.1) is 0 Å². The maximum absolute atomic E-state index is 5.32. The maximum atomic E-state index is 5.32. The Balaban J connectivity index is 1.25. The van der Waals surface area contributed by atoms with Gasteiger partial charge in [-0.3, -0.25) is 0 Å². The van der Waals surface area contributed by atoms with Crippen LogP contribution in [0.1, 0.15) is 25.0 Å². The van der Waals surface area contributed by atoms with Gasteiger partial charge < -0.3 is 4.57 Å². The van der Waals surface area contributed by atoms with E-state index >= 15 is 0 Å². The van der Waals surface area contributed by atoms with Crippen LogP contribution in [-0.4, -0.2) is 19.7 Å². The Kier molecular flexibility index (Phi) is 5.03. The summed E-state index contributed by atoms with van der Waals surface area (Å²) in [6, 6.07) is 47.6. The van der Waals surface area contributed by atoms with Gasteiger partial charge in [0.1, 0.15) is 11.0 Å². The second kappa shape index (κ2) is 9.09. The first kappa shape index (κ1) is 25.5. The van der Waals surface area contributed by atoms with Crippen LogP contribution in [0.25, 0.3) is 82.6 Å². The third kappa shape index (κ3) is 3.30. The molecule has 0 atom stereocenters. The van der Waals surface area contributed by atoms with Crippen molar-refractivity contribution in [2.75, 3.05) is 0 Å². The Morgan fingerprint density at radius 2 is 1.24 bits per heavy atom. The van der Waals surface area contributed by atoms with Gasteiger partial charge in [-0.15, -0.1) is 10.2 Å². The molecule has 0 N–H and O–H groups in total. The van der Waals surface area contributed by atoms with Gasteiger partial charge in [0.05, 0.1) is 11.0 Å². The first-order valence-corrected chi connectivity index (χ1v) is 15.8. The number of para-hydroxylation sites is 2. The highest BCUT2D eigenvalue weighted by atomic mass is 15.2. The van der Waals surface area contributed by atoms with Crippen LogP contribution in [0.15, 0.2) is 133 Å². The van der Waals surface area contributed by atoms with E-state index in [2.05, 4.69) is 152 Å². The summed E-state index contributed by atoms with van der Waals surface area (Å²) in [5.41, 5.74) is 11.2. The second-order valence-electron chi connectivity index (χ2n) is 12.9. The number of aromatic nitrogens is 4. The maximum Gasteiger partial charge on any atom is 0.182 e. The van der Waals surface area contributed by atoms with Crippen LogP contribution < -0.4 is 0 Å². The average molecular weight is 589 g/mol. The van der Waals surface area contributed by atoms with Crippen molar-refractivity contribution in [3.63, 3.8) is 0 Å². The van der Waals surface area contributed by atoms with Crippen LogP contribution >= 0.6 is 0 Å². The van der Waals surface area contributed by atoms with E-state index in [0.29, 0.717) is 5.82 Å². The molecule has 0 bridgehead atoms. The molecule has 0 aliphatic heterocycles. The standard InChI is InChI=1S/C42H28N4/c1-42(2)34-18-10-8-15-28(34)31-22-21-30-27-14-6-7-17-32(27)39-40(37(30)38(31)42)44-45-41(43-39)25-20-23-36-33(24-25)29-16-9-11-19-35(29)46(36)26-12-4-3-5-13-26/h3-24H,1-2H3. The predicted molar refractivity (Wildman–Crippen MR) is 190 cm³/mol. The minimum atomic E-state index is -0.181. The number of hydrogen-bond acceptors (Lipinski definition) is 3. The lowest BCUT2D eigenvalue weighted by atomic mass is 9.79. The van der Waals surface area contributed by atoms with Crippen molar-refractivity contribution in [2.45, 2.75) is 19.3 Å². The van der Waals surface area contributed by atoms with Crippen molar-refractivity contribution in [1.82, 2.24) is 19.7 Å². The third-order valence-electron chi connectivity index (χ3n) is 10.1. The van der Waals surface area contributed by atoms with E-state index in [1.807, 2.05) is 0 Å². The molecule has 216 valence electrons. The van der Waals surface area contributed by atoms with Crippen LogP contribution in [0.4, 0.5) is 0 Å². The molecule has 0 amide bonds. The van der Waals surface area contributed by atoms with Gasteiger partial charge in [0.2, 0.25) is 0 Å². The highest BCUT2D eigenvalue weighted by molar-refractivity contribution is 6.25. The molecule has 4 nitrogen and oxygen atoms in total. The van der Waals surface area contributed by atoms with E-state index in [4.69, 9.17) is 15.2 Å². The molecule has 0 unspecified atom stereocenters. The SMILES string of the molecule is CC1(C)c2ccccc2-c2ccc3c4ccccc4c4nc(-c5ccc6c(c5)c5ccccc5n6-c5ccccc5)nnc4c3c21. The Morgan fingerprint density at radius 3 is 2.11 bits per heavy atom. The number of rotatable bonds is 2. The summed E-state index contributed by atoms with van der Waals surface area (Å²) in [5, 5.41) is 16.9. The summed E-state index contributed by atoms with van der Waals surface area (Å²) in [5.74, 6) is 0.630. The molecule has 7 aromatic carbocycles. The van der Waals surface area contributed by atoms with Crippen molar-refractivity contribution < 1.29 is 0 Å². The van der Waals surface area contributed by atoms with E-state index in [-0.39, 0.29) is 5.41 Å². The number of benzene rings is 7. The molecule has 1 aliphatic carbocycles. The van der Waals surface area contributed by atoms with E-state index in [1.165, 1.54) is 49.3 Å². The summed E-state index contributed by atoms with van der Waals surface area (Å²) >= 11 is 0. The summed E-state index contributed by atoms with van der Waals surface area (Å²) in [6.07, 6.45) is 0. The minimum Gasteiger partial charge on any atom is -0.309 e. The topological polar surface area (TPSA) is 43.6 Å². The Hall–Kier alpha value is -5.87. The minimum absolute atomic E-state index is 0.181. The molecule has 0 radical (unpaired) electrons. The van der Waals surface area contributed by atoms with Gasteiger partial charge in [-0.05, 0) is 69.4 Å². The van der Waals surface area contributed by atoms with Crippen LogP contribution in [0.2, 0.25) is 0 Å². The van der Waals surface area contributed by atoms with Gasteiger partial charge in [0.15, 0.2) is 5.82 Å². The molecule has 2 aromatic heterocycles. The van der Waals surface area contributed by atoms with E-state index in [1.54, 1.807) is 0 Å². The summed E-state index contributed by atoms with van der Waals surface area (Å²) in [7, 11) is 0. The fraction of sp³-hybridized carbons (Fsp3) is 0.0714. The number of hydrogen-bond donors (Lipinski definition) is 0. The molecular weight excluding hydrogens is 560 g/mol. The largest absolute Gasteiger partial charge is 0.309 e. The number of nitrogens with zero attached hydrogens (tertiary/aromatic N) is 4. The quantitative estimate of drug-likeness (QED) is 0.189. The summed E-state index contributed by atoms with van der Waals surface area (Å²) in [4.78, 5) is 5.32. The first-order valence-electron chi connectivity index (χ1n) is 15.8. The van der Waals surface area contributed by atoms with Crippen LogP contribution in [0.5, 0.6) is 0 Å². The molecule has 10 rings (SSSR count). The summed E-state index contributed by atoms with van der Waals surface area (Å²) < 4.78 is 2.33. The highest BCUT2D eigenvalue weighted by Gasteiger charge is 2.37. The van der Waals surface area contributed by atoms with Gasteiger partial charge in [0.25, 0.3) is 0 Å². The van der Waals surface area contributed by atoms with E-state index in [9.17, 15) is 0 Å². The molecular formula is C42H28N4. The van der Waals surface area contributed by atoms with Gasteiger partial charge in [-0.25, -0.2) is 4.98 Å². The lowest BCUT2D eigenvalue weighted by Crippen LogP contribution is -2.16. The van der Waals surface area contributed by atoms with Crippen molar-refractivity contribution in [1.29, 1.82) is 0 Å². The Labute approximate surface area is 265 Å². The fourth-order valence-electron chi connectivity index (χ4n) is 8.04. The molecule has 4 heteroatoms. The zero-order valence-corrected chi connectivity index (χ0v) is 25.5. The monoisotopic (exact) mass is 588 g/mol. The van der Waals surface area contributed by atoms with E-state index < -0.39 is 0 Å². The van der Waals surface area contributed by atoms with Gasteiger partial charge in [0, 0.05) is 38.2 Å². The average Bonchev–Trinajstić information content (AvgIpc) is 3.57. The van der Waals surface area contributed by atoms with Crippen molar-refractivity contribution >= 4 is 54.4 Å². The Morgan fingerprint density at radius 1 is 0.522 bits per heavy atom. The molecule has 0 spiro atoms. The molecule has 0 saturated carbocycles. The normalized spacial score (nSPS) is 13.6. The predicted octanol–water partition coefficient (Wildman–Crippen LogP) is 10.4. The highest BCUT2D eigenvalue weighted by Crippen LogP contribution is 2.53. The molecule has 2 heterocycles. The number of fused-ring (bicyclic) bond motifs is 13. The molecule has 0 saturated heterocycles. The third-order valence-corrected chi connectivity index (χ3v) is 10.1. The zero-order valence-electron chi connectivity index (χ0n) is 25.5. The zero-order chi connectivity index (χ0) is 30.6. The molecule has 46 heavy (non-hydrogen) atoms. The second-order valence-corrected chi connectivity index (χ2v) is 12.9. The fourth-order valence-corrected chi connectivity index (χ4v) is 8.04. The van der Waals surface area contributed by atoms with Crippen LogP contribution in [-0.2, 0) is 5.41 Å². The van der Waals surface area contributed by atoms with Crippen molar-refractivity contribution in [3.8, 4) is 28.2 Å².